The summed E-state index contributed by atoms with van der Waals surface area (Å²) in [6.45, 7) is 0. The van der Waals surface area contributed by atoms with Crippen LogP contribution in [0, 0.1) is 5.82 Å². The second-order valence-electron chi connectivity index (χ2n) is 5.43. The molecule has 2 heterocycles. The van der Waals surface area contributed by atoms with Gasteiger partial charge in [0.25, 0.3) is 0 Å². The van der Waals surface area contributed by atoms with Crippen molar-refractivity contribution in [3.8, 4) is 0 Å². The molecule has 1 aliphatic heterocycles. The van der Waals surface area contributed by atoms with Crippen LogP contribution in [0.3, 0.4) is 0 Å². The van der Waals surface area contributed by atoms with Crippen molar-refractivity contribution in [2.75, 3.05) is 16.9 Å². The second kappa shape index (κ2) is 7.53. The molecule has 1 fully saturated rings. The average Bonchev–Trinajstić information content (AvgIpc) is 3.26. The van der Waals surface area contributed by atoms with Gasteiger partial charge < -0.3 is 14.6 Å². The number of amides is 2. The third kappa shape index (κ3) is 3.79. The molecule has 0 aliphatic carbocycles. The molecule has 1 N–H and O–H groups in total. The maximum absolute atomic E-state index is 13.7. The number of rotatable bonds is 5. The number of carbonyl (C=O) groups is 2. The van der Waals surface area contributed by atoms with E-state index in [0.29, 0.717) is 18.1 Å². The molecule has 0 spiro atoms. The van der Waals surface area contributed by atoms with Gasteiger partial charge in [0.2, 0.25) is 11.8 Å². The standard InChI is InChI=1S/C17H17FN2O3S/c18-13-5-1-2-6-14(13)19-17(22)15-10-24-11-20(15)16(21)8-7-12-4-3-9-23-12/h1-6,9,15H,7-8,10-11H2,(H,19,22). The van der Waals surface area contributed by atoms with Gasteiger partial charge in [-0.05, 0) is 24.3 Å². The van der Waals surface area contributed by atoms with E-state index in [1.54, 1.807) is 29.4 Å². The van der Waals surface area contributed by atoms with E-state index in [0.717, 1.165) is 5.76 Å². The summed E-state index contributed by atoms with van der Waals surface area (Å²) in [7, 11) is 0. The van der Waals surface area contributed by atoms with Crippen molar-refractivity contribution in [3.63, 3.8) is 0 Å². The Balaban J connectivity index is 1.61. The number of para-hydroxylation sites is 1. The van der Waals surface area contributed by atoms with Gasteiger partial charge in [0.15, 0.2) is 0 Å². The van der Waals surface area contributed by atoms with E-state index < -0.39 is 11.9 Å². The molecular formula is C17H17FN2O3S. The Morgan fingerprint density at radius 3 is 2.88 bits per heavy atom. The van der Waals surface area contributed by atoms with Gasteiger partial charge in [-0.2, -0.15) is 0 Å². The van der Waals surface area contributed by atoms with Gasteiger partial charge in [-0.15, -0.1) is 11.8 Å². The SMILES string of the molecule is O=C(Nc1ccccc1F)C1CSCN1C(=O)CCc1ccco1. The number of hydrogen-bond acceptors (Lipinski definition) is 4. The molecule has 24 heavy (non-hydrogen) atoms. The highest BCUT2D eigenvalue weighted by Gasteiger charge is 2.34. The molecule has 3 rings (SSSR count). The van der Waals surface area contributed by atoms with Crippen LogP contribution in [0.4, 0.5) is 10.1 Å². The largest absolute Gasteiger partial charge is 0.469 e. The molecule has 1 aromatic heterocycles. The summed E-state index contributed by atoms with van der Waals surface area (Å²) >= 11 is 1.51. The molecule has 1 atom stereocenters. The van der Waals surface area contributed by atoms with Crippen molar-refractivity contribution in [2.45, 2.75) is 18.9 Å². The third-order valence-corrected chi connectivity index (χ3v) is 4.81. The monoisotopic (exact) mass is 348 g/mol. The lowest BCUT2D eigenvalue weighted by Gasteiger charge is -2.23. The Morgan fingerprint density at radius 2 is 2.12 bits per heavy atom. The number of aryl methyl sites for hydroxylation is 1. The molecule has 0 radical (unpaired) electrons. The predicted molar refractivity (Wildman–Crippen MR) is 90.0 cm³/mol. The number of benzene rings is 1. The van der Waals surface area contributed by atoms with Crippen molar-refractivity contribution in [2.24, 2.45) is 0 Å². The smallest absolute Gasteiger partial charge is 0.248 e. The minimum Gasteiger partial charge on any atom is -0.469 e. The van der Waals surface area contributed by atoms with Gasteiger partial charge in [0.05, 0.1) is 17.8 Å². The zero-order valence-corrected chi connectivity index (χ0v) is 13.7. The van der Waals surface area contributed by atoms with Crippen LogP contribution in [0.2, 0.25) is 0 Å². The molecule has 1 unspecified atom stereocenters. The second-order valence-corrected chi connectivity index (χ2v) is 6.43. The van der Waals surface area contributed by atoms with E-state index >= 15 is 0 Å². The molecule has 0 saturated carbocycles. The van der Waals surface area contributed by atoms with E-state index in [4.69, 9.17) is 4.42 Å². The number of hydrogen-bond donors (Lipinski definition) is 1. The maximum atomic E-state index is 13.7. The summed E-state index contributed by atoms with van der Waals surface area (Å²) in [6, 6.07) is 8.99. The van der Waals surface area contributed by atoms with Crippen LogP contribution in [0.1, 0.15) is 12.2 Å². The molecule has 2 aromatic rings. The number of halogens is 1. The number of nitrogens with zero attached hydrogens (tertiary/aromatic N) is 1. The van der Waals surface area contributed by atoms with E-state index in [9.17, 15) is 14.0 Å². The average molecular weight is 348 g/mol. The fraction of sp³-hybridized carbons (Fsp3) is 0.294. The van der Waals surface area contributed by atoms with Crippen LogP contribution in [0.5, 0.6) is 0 Å². The molecule has 1 aromatic carbocycles. The molecule has 126 valence electrons. The zero-order chi connectivity index (χ0) is 16.9. The van der Waals surface area contributed by atoms with Crippen LogP contribution in [0.25, 0.3) is 0 Å². The van der Waals surface area contributed by atoms with Crippen molar-refractivity contribution >= 4 is 29.3 Å². The normalized spacial score (nSPS) is 17.0. The Kier molecular flexibility index (Phi) is 5.20. The minimum absolute atomic E-state index is 0.106. The summed E-state index contributed by atoms with van der Waals surface area (Å²) in [5.74, 6) is 0.746. The highest BCUT2D eigenvalue weighted by Crippen LogP contribution is 2.24. The summed E-state index contributed by atoms with van der Waals surface area (Å²) < 4.78 is 18.9. The molecule has 5 nitrogen and oxygen atoms in total. The highest BCUT2D eigenvalue weighted by atomic mass is 32.2. The summed E-state index contributed by atoms with van der Waals surface area (Å²) in [5.41, 5.74) is 0.127. The first-order valence-corrected chi connectivity index (χ1v) is 8.75. The van der Waals surface area contributed by atoms with Gasteiger partial charge in [0.1, 0.15) is 17.6 Å². The summed E-state index contributed by atoms with van der Waals surface area (Å²) in [4.78, 5) is 26.3. The number of furan rings is 1. The van der Waals surface area contributed by atoms with E-state index in [-0.39, 0.29) is 23.9 Å². The van der Waals surface area contributed by atoms with Gasteiger partial charge in [-0.1, -0.05) is 12.1 Å². The topological polar surface area (TPSA) is 62.6 Å². The van der Waals surface area contributed by atoms with E-state index in [1.807, 2.05) is 6.07 Å². The quantitative estimate of drug-likeness (QED) is 0.902. The first-order chi connectivity index (χ1) is 11.6. The van der Waals surface area contributed by atoms with Crippen molar-refractivity contribution in [1.29, 1.82) is 0 Å². The Labute approximate surface area is 143 Å². The fourth-order valence-corrected chi connectivity index (χ4v) is 3.69. The molecule has 7 heteroatoms. The van der Waals surface area contributed by atoms with Crippen LogP contribution in [-0.2, 0) is 16.0 Å². The highest BCUT2D eigenvalue weighted by molar-refractivity contribution is 7.99. The summed E-state index contributed by atoms with van der Waals surface area (Å²) in [6.07, 6.45) is 2.34. The maximum Gasteiger partial charge on any atom is 0.248 e. The lowest BCUT2D eigenvalue weighted by Crippen LogP contribution is -2.44. The minimum atomic E-state index is -0.585. The first-order valence-electron chi connectivity index (χ1n) is 7.60. The van der Waals surface area contributed by atoms with Gasteiger partial charge in [-0.3, -0.25) is 9.59 Å². The van der Waals surface area contributed by atoms with Gasteiger partial charge in [0, 0.05) is 18.6 Å². The van der Waals surface area contributed by atoms with Crippen LogP contribution >= 0.6 is 11.8 Å². The van der Waals surface area contributed by atoms with E-state index in [2.05, 4.69) is 5.32 Å². The van der Waals surface area contributed by atoms with Crippen LogP contribution in [-0.4, -0.2) is 34.4 Å². The fourth-order valence-electron chi connectivity index (χ4n) is 2.51. The molecule has 1 aliphatic rings. The van der Waals surface area contributed by atoms with Crippen molar-refractivity contribution < 1.29 is 18.4 Å². The Hall–Kier alpha value is -2.28. The molecule has 1 saturated heterocycles. The lowest BCUT2D eigenvalue weighted by molar-refractivity contribution is -0.136. The van der Waals surface area contributed by atoms with Gasteiger partial charge >= 0.3 is 0 Å². The van der Waals surface area contributed by atoms with Gasteiger partial charge in [-0.25, -0.2) is 4.39 Å². The predicted octanol–water partition coefficient (Wildman–Crippen LogP) is 2.89. The molecule has 0 bridgehead atoms. The summed E-state index contributed by atoms with van der Waals surface area (Å²) in [5, 5.41) is 2.57. The number of nitrogens with one attached hydrogen (secondary N) is 1. The number of thioether (sulfide) groups is 1. The Morgan fingerprint density at radius 1 is 1.29 bits per heavy atom. The third-order valence-electron chi connectivity index (χ3n) is 3.80. The van der Waals surface area contributed by atoms with Crippen LogP contribution in [0.15, 0.2) is 47.1 Å². The number of carbonyl (C=O) groups excluding carboxylic acids is 2. The van der Waals surface area contributed by atoms with Crippen molar-refractivity contribution in [3.05, 3.63) is 54.2 Å². The number of anilines is 1. The molecular weight excluding hydrogens is 331 g/mol. The first kappa shape index (κ1) is 16.6. The van der Waals surface area contributed by atoms with Crippen molar-refractivity contribution in [1.82, 2.24) is 4.90 Å². The lowest BCUT2D eigenvalue weighted by atomic mass is 10.2. The zero-order valence-electron chi connectivity index (χ0n) is 12.9. The molecule has 2 amide bonds. The van der Waals surface area contributed by atoms with E-state index in [1.165, 1.54) is 23.9 Å². The Bertz CT molecular complexity index is 720. The van der Waals surface area contributed by atoms with Crippen LogP contribution < -0.4 is 5.32 Å².